The highest BCUT2D eigenvalue weighted by molar-refractivity contribution is 5.93. The van der Waals surface area contributed by atoms with Crippen molar-refractivity contribution in [2.45, 2.75) is 78.4 Å². The predicted octanol–water partition coefficient (Wildman–Crippen LogP) is 4.65. The van der Waals surface area contributed by atoms with E-state index in [1.165, 1.54) is 12.5 Å². The van der Waals surface area contributed by atoms with Crippen LogP contribution in [0.1, 0.15) is 66.2 Å². The molecule has 3 aliphatic rings. The van der Waals surface area contributed by atoms with E-state index < -0.39 is 0 Å². The van der Waals surface area contributed by atoms with Gasteiger partial charge < -0.3 is 9.47 Å². The normalized spacial score (nSPS) is 33.5. The van der Waals surface area contributed by atoms with Crippen molar-refractivity contribution >= 4 is 11.9 Å². The maximum Gasteiger partial charge on any atom is 0.334 e. The first-order valence-electron chi connectivity index (χ1n) is 9.64. The van der Waals surface area contributed by atoms with Crippen molar-refractivity contribution in [1.29, 1.82) is 0 Å². The second-order valence-corrected chi connectivity index (χ2v) is 8.60. The summed E-state index contributed by atoms with van der Waals surface area (Å²) >= 11 is 0. The van der Waals surface area contributed by atoms with Crippen molar-refractivity contribution < 1.29 is 19.1 Å². The quantitative estimate of drug-likeness (QED) is 0.506. The molecule has 0 saturated heterocycles. The summed E-state index contributed by atoms with van der Waals surface area (Å²) in [5.74, 6) is 0.0836. The monoisotopic (exact) mass is 358 g/mol. The summed E-state index contributed by atoms with van der Waals surface area (Å²) in [7, 11) is 0. The first-order chi connectivity index (χ1) is 12.2. The lowest BCUT2D eigenvalue weighted by atomic mass is 9.62. The van der Waals surface area contributed by atoms with Crippen molar-refractivity contribution in [3.8, 4) is 0 Å². The minimum atomic E-state index is -0.294. The molecule has 2 aliphatic carbocycles. The number of fused-ring (bicyclic) bond motifs is 1. The molecule has 4 heteroatoms. The number of carbonyl (C=O) groups excluding carboxylic acids is 2. The van der Waals surface area contributed by atoms with Crippen LogP contribution in [0.3, 0.4) is 0 Å². The summed E-state index contributed by atoms with van der Waals surface area (Å²) in [6.45, 7) is 12.2. The van der Waals surface area contributed by atoms with Crippen molar-refractivity contribution in [3.05, 3.63) is 34.9 Å². The van der Waals surface area contributed by atoms with Gasteiger partial charge in [0.25, 0.3) is 0 Å². The van der Waals surface area contributed by atoms with E-state index in [0.717, 1.165) is 42.4 Å². The number of ether oxygens (including phenoxy) is 2. The maximum absolute atomic E-state index is 12.4. The number of carbonyl (C=O) groups is 2. The van der Waals surface area contributed by atoms with E-state index in [1.54, 1.807) is 0 Å². The fourth-order valence-electron chi connectivity index (χ4n) is 4.94. The summed E-state index contributed by atoms with van der Waals surface area (Å²) in [6.07, 6.45) is 6.62. The Morgan fingerprint density at radius 2 is 1.96 bits per heavy atom. The molecule has 0 saturated carbocycles. The molecular weight excluding hydrogens is 328 g/mol. The van der Waals surface area contributed by atoms with Gasteiger partial charge in [0.05, 0.1) is 0 Å². The molecule has 1 heterocycles. The smallest absolute Gasteiger partial charge is 0.334 e. The van der Waals surface area contributed by atoms with E-state index in [4.69, 9.17) is 9.47 Å². The van der Waals surface area contributed by atoms with Crippen LogP contribution in [0.2, 0.25) is 0 Å². The average molecular weight is 358 g/mol. The molecule has 142 valence electrons. The highest BCUT2D eigenvalue weighted by Gasteiger charge is 2.48. The summed E-state index contributed by atoms with van der Waals surface area (Å²) in [5, 5.41) is 0. The molecule has 2 bridgehead atoms. The lowest BCUT2D eigenvalue weighted by molar-refractivity contribution is -0.144. The maximum atomic E-state index is 12.4. The Morgan fingerprint density at radius 3 is 2.65 bits per heavy atom. The van der Waals surface area contributed by atoms with Crippen molar-refractivity contribution in [1.82, 2.24) is 0 Å². The lowest BCUT2D eigenvalue weighted by Gasteiger charge is -2.41. The van der Waals surface area contributed by atoms with Gasteiger partial charge >= 0.3 is 11.9 Å². The highest BCUT2D eigenvalue weighted by atomic mass is 16.6. The Balaban J connectivity index is 1.97. The Morgan fingerprint density at radius 1 is 1.27 bits per heavy atom. The fourth-order valence-corrected chi connectivity index (χ4v) is 4.94. The molecule has 0 amide bonds. The molecule has 4 nitrogen and oxygen atoms in total. The van der Waals surface area contributed by atoms with Gasteiger partial charge in [-0.2, -0.15) is 0 Å². The molecule has 1 aliphatic heterocycles. The third-order valence-electron chi connectivity index (χ3n) is 6.23. The second kappa shape index (κ2) is 7.05. The van der Waals surface area contributed by atoms with Crippen LogP contribution < -0.4 is 0 Å². The van der Waals surface area contributed by atoms with Gasteiger partial charge in [-0.05, 0) is 55.6 Å². The van der Waals surface area contributed by atoms with Crippen molar-refractivity contribution in [2.75, 3.05) is 0 Å². The summed E-state index contributed by atoms with van der Waals surface area (Å²) < 4.78 is 11.2. The molecule has 26 heavy (non-hydrogen) atoms. The van der Waals surface area contributed by atoms with Gasteiger partial charge in [-0.25, -0.2) is 4.79 Å². The molecule has 0 spiro atoms. The summed E-state index contributed by atoms with van der Waals surface area (Å²) in [6, 6.07) is 0. The standard InChI is InChI=1S/C22H30O4/c1-13-6-7-16-8-9-18-20(22(16,4)5)19(26-21(18)24)12-14(2)11-17(10-13)25-15(3)23/h11,16-17,19H,1,6-10,12H2,2-5H3/b14-11+/t16-,17+,19-/m1/s1. The van der Waals surface area contributed by atoms with E-state index in [-0.39, 0.29) is 29.6 Å². The molecule has 0 aromatic heterocycles. The van der Waals surface area contributed by atoms with E-state index >= 15 is 0 Å². The first kappa shape index (κ1) is 18.9. The van der Waals surface area contributed by atoms with Crippen LogP contribution in [-0.2, 0) is 19.1 Å². The number of rotatable bonds is 1. The third kappa shape index (κ3) is 3.65. The van der Waals surface area contributed by atoms with Crippen LogP contribution in [0.15, 0.2) is 34.9 Å². The molecule has 0 aromatic rings. The molecular formula is C22H30O4. The SMILES string of the molecule is C=C1CC[C@@H]2CCC3=C([C@@H](C/C(C)=C/[C@@H](OC(C)=O)C1)OC3=O)C2(C)C. The number of hydrogen-bond acceptors (Lipinski definition) is 4. The molecule has 3 rings (SSSR count). The topological polar surface area (TPSA) is 52.6 Å². The van der Waals surface area contributed by atoms with Gasteiger partial charge in [0.2, 0.25) is 0 Å². The van der Waals surface area contributed by atoms with Crippen LogP contribution in [-0.4, -0.2) is 24.1 Å². The molecule has 3 atom stereocenters. The van der Waals surface area contributed by atoms with Crippen molar-refractivity contribution in [3.63, 3.8) is 0 Å². The van der Waals surface area contributed by atoms with Gasteiger partial charge in [-0.1, -0.05) is 31.6 Å². The van der Waals surface area contributed by atoms with E-state index in [0.29, 0.717) is 18.8 Å². The number of esters is 2. The number of hydrogen-bond donors (Lipinski definition) is 0. The zero-order valence-corrected chi connectivity index (χ0v) is 16.4. The van der Waals surface area contributed by atoms with E-state index in [9.17, 15) is 9.59 Å². The van der Waals surface area contributed by atoms with Gasteiger partial charge in [0.1, 0.15) is 12.2 Å². The third-order valence-corrected chi connectivity index (χ3v) is 6.23. The van der Waals surface area contributed by atoms with Crippen molar-refractivity contribution in [2.24, 2.45) is 11.3 Å². The Hall–Kier alpha value is -1.84. The Labute approximate surface area is 156 Å². The minimum absolute atomic E-state index is 0.0422. The first-order valence-corrected chi connectivity index (χ1v) is 9.64. The minimum Gasteiger partial charge on any atom is -0.458 e. The molecule has 0 radical (unpaired) electrons. The lowest BCUT2D eigenvalue weighted by Crippen LogP contribution is -2.34. The van der Waals surface area contributed by atoms with Gasteiger partial charge in [0.15, 0.2) is 0 Å². The van der Waals surface area contributed by atoms with Crippen LogP contribution in [0.4, 0.5) is 0 Å². The highest BCUT2D eigenvalue weighted by Crippen LogP contribution is 2.52. The predicted molar refractivity (Wildman–Crippen MR) is 100 cm³/mol. The van der Waals surface area contributed by atoms with Gasteiger partial charge in [-0.3, -0.25) is 4.79 Å². The molecule has 0 N–H and O–H groups in total. The van der Waals surface area contributed by atoms with Gasteiger partial charge in [-0.15, -0.1) is 0 Å². The molecule has 0 unspecified atom stereocenters. The fraction of sp³-hybridized carbons (Fsp3) is 0.636. The molecule has 0 fully saturated rings. The average Bonchev–Trinajstić information content (AvgIpc) is 2.81. The summed E-state index contributed by atoms with van der Waals surface area (Å²) in [4.78, 5) is 23.9. The largest absolute Gasteiger partial charge is 0.458 e. The Kier molecular flexibility index (Phi) is 5.14. The van der Waals surface area contributed by atoms with Crippen LogP contribution in [0.25, 0.3) is 0 Å². The van der Waals surface area contributed by atoms with E-state index in [1.807, 2.05) is 13.0 Å². The molecule has 0 aromatic carbocycles. The van der Waals surface area contributed by atoms with Crippen LogP contribution >= 0.6 is 0 Å². The van der Waals surface area contributed by atoms with E-state index in [2.05, 4.69) is 20.4 Å². The van der Waals surface area contributed by atoms with Crippen LogP contribution in [0, 0.1) is 11.3 Å². The summed E-state index contributed by atoms with van der Waals surface area (Å²) in [5.41, 5.74) is 4.25. The zero-order chi connectivity index (χ0) is 19.1. The van der Waals surface area contributed by atoms with Gasteiger partial charge in [0, 0.05) is 25.3 Å². The zero-order valence-electron chi connectivity index (χ0n) is 16.4. The second-order valence-electron chi connectivity index (χ2n) is 8.60. The van der Waals surface area contributed by atoms with Crippen LogP contribution in [0.5, 0.6) is 0 Å². The Bertz CT molecular complexity index is 695.